The molecule has 4 nitrogen and oxygen atoms in total. The topological polar surface area (TPSA) is 49.8 Å². The fraction of sp³-hybridized carbons (Fsp3) is 0.588. The van der Waals surface area contributed by atoms with Crippen LogP contribution in [0.4, 0.5) is 4.79 Å². The van der Waals surface area contributed by atoms with Crippen LogP contribution in [0.15, 0.2) is 30.2 Å². The Labute approximate surface area is 133 Å². The molecule has 1 fully saturated rings. The highest BCUT2D eigenvalue weighted by Crippen LogP contribution is 2.31. The van der Waals surface area contributed by atoms with Gasteiger partial charge in [-0.05, 0) is 45.1 Å². The van der Waals surface area contributed by atoms with E-state index >= 15 is 0 Å². The van der Waals surface area contributed by atoms with Crippen LogP contribution >= 0.6 is 0 Å². The molecular weight excluding hydrogens is 266 g/mol. The molecule has 0 aliphatic carbocycles. The van der Waals surface area contributed by atoms with E-state index in [0.29, 0.717) is 25.9 Å². The molecule has 1 aromatic rings. The standard InChI is InChI=1S/C17H25NO3/c1-17(2,3)21-16(20)18-11-9-14(10-12-18)15(19)13-7-5-4-6-8-13/h4-8,14-15,19H,9-12H2,1-3H3/i4D,5D,6D,7D,8D. The SMILES string of the molecule is [2H]c1c([2H])c([2H])c(C(O)C2CCN(C(=O)OC(C)(C)C)CC2)c([2H])c1[2H]. The van der Waals surface area contributed by atoms with E-state index in [4.69, 9.17) is 11.6 Å². The number of likely N-dealkylation sites (tertiary alicyclic amines) is 1. The van der Waals surface area contributed by atoms with Crippen molar-refractivity contribution in [2.24, 2.45) is 5.92 Å². The van der Waals surface area contributed by atoms with E-state index in [0.717, 1.165) is 0 Å². The lowest BCUT2D eigenvalue weighted by Crippen LogP contribution is -2.42. The van der Waals surface area contributed by atoms with E-state index in [2.05, 4.69) is 0 Å². The monoisotopic (exact) mass is 296 g/mol. The van der Waals surface area contributed by atoms with Gasteiger partial charge < -0.3 is 14.7 Å². The molecule has 4 heteroatoms. The summed E-state index contributed by atoms with van der Waals surface area (Å²) < 4.78 is 44.4. The molecule has 1 N–H and O–H groups in total. The molecule has 1 aliphatic rings. The second kappa shape index (κ2) is 6.48. The molecule has 1 aromatic carbocycles. The summed E-state index contributed by atoms with van der Waals surface area (Å²) >= 11 is 0. The van der Waals surface area contributed by atoms with Crippen LogP contribution in [0.5, 0.6) is 0 Å². The van der Waals surface area contributed by atoms with Crippen molar-refractivity contribution in [1.82, 2.24) is 4.90 Å². The van der Waals surface area contributed by atoms with Crippen molar-refractivity contribution < 1.29 is 21.5 Å². The lowest BCUT2D eigenvalue weighted by molar-refractivity contribution is 0.00767. The third-order valence-electron chi connectivity index (χ3n) is 3.45. The normalized spacial score (nSPS) is 21.7. The molecule has 1 amide bonds. The quantitative estimate of drug-likeness (QED) is 0.910. The highest BCUT2D eigenvalue weighted by Gasteiger charge is 2.30. The minimum Gasteiger partial charge on any atom is -0.444 e. The zero-order chi connectivity index (χ0) is 19.8. The van der Waals surface area contributed by atoms with E-state index in [9.17, 15) is 9.90 Å². The van der Waals surface area contributed by atoms with Crippen LogP contribution in [0.1, 0.15) is 52.1 Å². The van der Waals surface area contributed by atoms with E-state index < -0.39 is 35.9 Å². The zero-order valence-corrected chi connectivity index (χ0v) is 12.7. The second-order valence-electron chi connectivity index (χ2n) is 6.29. The van der Waals surface area contributed by atoms with Crippen molar-refractivity contribution >= 4 is 6.09 Å². The Morgan fingerprint density at radius 1 is 1.33 bits per heavy atom. The van der Waals surface area contributed by atoms with Crippen LogP contribution in [0.3, 0.4) is 0 Å². The fourth-order valence-electron chi connectivity index (χ4n) is 2.37. The third kappa shape index (κ3) is 4.46. The summed E-state index contributed by atoms with van der Waals surface area (Å²) in [5, 5.41) is 10.7. The summed E-state index contributed by atoms with van der Waals surface area (Å²) in [5.74, 6) is -0.294. The summed E-state index contributed by atoms with van der Waals surface area (Å²) in [7, 11) is 0. The third-order valence-corrected chi connectivity index (χ3v) is 3.45. The second-order valence-corrected chi connectivity index (χ2v) is 6.29. The number of nitrogens with zero attached hydrogens (tertiary/aromatic N) is 1. The molecule has 0 spiro atoms. The number of aliphatic hydroxyl groups excluding tert-OH is 1. The largest absolute Gasteiger partial charge is 0.444 e. The van der Waals surface area contributed by atoms with E-state index in [1.54, 1.807) is 25.7 Å². The Hall–Kier alpha value is -1.55. The van der Waals surface area contributed by atoms with Crippen LogP contribution < -0.4 is 0 Å². The summed E-state index contributed by atoms with van der Waals surface area (Å²) in [6.07, 6.45) is -0.664. The van der Waals surface area contributed by atoms with Crippen LogP contribution in [0.25, 0.3) is 0 Å². The summed E-state index contributed by atoms with van der Waals surface area (Å²) in [5.41, 5.74) is -0.660. The number of aliphatic hydroxyl groups is 1. The number of hydrogen-bond donors (Lipinski definition) is 1. The maximum Gasteiger partial charge on any atom is 0.410 e. The lowest BCUT2D eigenvalue weighted by atomic mass is 9.87. The first-order chi connectivity index (χ1) is 11.9. The Morgan fingerprint density at radius 3 is 2.43 bits per heavy atom. The molecule has 1 aliphatic heterocycles. The molecular formula is C17H25NO3. The van der Waals surface area contributed by atoms with Gasteiger partial charge in [-0.3, -0.25) is 0 Å². The van der Waals surface area contributed by atoms with Gasteiger partial charge in [0.2, 0.25) is 0 Å². The molecule has 1 unspecified atom stereocenters. The summed E-state index contributed by atoms with van der Waals surface area (Å²) in [6, 6.07) is -2.13. The molecule has 1 atom stereocenters. The minimum atomic E-state index is -1.18. The van der Waals surface area contributed by atoms with Gasteiger partial charge in [-0.1, -0.05) is 30.2 Å². The zero-order valence-electron chi connectivity index (χ0n) is 17.7. The predicted molar refractivity (Wildman–Crippen MR) is 81.9 cm³/mol. The van der Waals surface area contributed by atoms with Gasteiger partial charge in [0.25, 0.3) is 0 Å². The molecule has 116 valence electrons. The first-order valence-corrected chi connectivity index (χ1v) is 7.17. The molecule has 1 heterocycles. The molecule has 21 heavy (non-hydrogen) atoms. The number of piperidine rings is 1. The average Bonchev–Trinajstić information content (AvgIpc) is 2.57. The van der Waals surface area contributed by atoms with Gasteiger partial charge in [-0.15, -0.1) is 0 Å². The highest BCUT2D eigenvalue weighted by atomic mass is 16.6. The Morgan fingerprint density at radius 2 is 1.90 bits per heavy atom. The Kier molecular flexibility index (Phi) is 3.15. The number of benzene rings is 1. The summed E-state index contributed by atoms with van der Waals surface area (Å²) in [4.78, 5) is 13.7. The maximum atomic E-state index is 12.1. The molecule has 0 bridgehead atoms. The highest BCUT2D eigenvalue weighted by molar-refractivity contribution is 5.68. The van der Waals surface area contributed by atoms with Gasteiger partial charge in [-0.2, -0.15) is 0 Å². The van der Waals surface area contributed by atoms with Gasteiger partial charge in [0.05, 0.1) is 13.0 Å². The van der Waals surface area contributed by atoms with Crippen molar-refractivity contribution in [1.29, 1.82) is 0 Å². The number of rotatable bonds is 2. The van der Waals surface area contributed by atoms with Crippen molar-refractivity contribution in [3.63, 3.8) is 0 Å². The first kappa shape index (κ1) is 10.2. The molecule has 0 saturated carbocycles. The van der Waals surface area contributed by atoms with Gasteiger partial charge >= 0.3 is 6.09 Å². The number of ether oxygens (including phenoxy) is 1. The number of amides is 1. The van der Waals surface area contributed by atoms with Crippen LogP contribution in [-0.2, 0) is 4.74 Å². The van der Waals surface area contributed by atoms with E-state index in [1.165, 1.54) is 0 Å². The van der Waals surface area contributed by atoms with Crippen molar-refractivity contribution in [3.05, 3.63) is 35.8 Å². The van der Waals surface area contributed by atoms with E-state index in [1.807, 2.05) is 0 Å². The van der Waals surface area contributed by atoms with Gasteiger partial charge in [-0.25, -0.2) is 4.79 Å². The summed E-state index contributed by atoms with van der Waals surface area (Å²) in [6.45, 7) is 6.14. The maximum absolute atomic E-state index is 12.1. The van der Waals surface area contributed by atoms with Crippen molar-refractivity contribution in [3.8, 4) is 0 Å². The molecule has 0 aromatic heterocycles. The number of carbonyl (C=O) groups excluding carboxylic acids is 1. The van der Waals surface area contributed by atoms with Gasteiger partial charge in [0.15, 0.2) is 0 Å². The lowest BCUT2D eigenvalue weighted by Gasteiger charge is -2.35. The predicted octanol–water partition coefficient (Wildman–Crippen LogP) is 3.37. The Balaban J connectivity index is 2.12. The molecule has 0 radical (unpaired) electrons. The first-order valence-electron chi connectivity index (χ1n) is 9.67. The fourth-order valence-corrected chi connectivity index (χ4v) is 2.37. The number of carbonyl (C=O) groups is 1. The smallest absolute Gasteiger partial charge is 0.410 e. The van der Waals surface area contributed by atoms with Crippen molar-refractivity contribution in [2.75, 3.05) is 13.1 Å². The van der Waals surface area contributed by atoms with Crippen molar-refractivity contribution in [2.45, 2.75) is 45.3 Å². The molecule has 1 saturated heterocycles. The van der Waals surface area contributed by atoms with Crippen LogP contribution in [-0.4, -0.2) is 34.8 Å². The van der Waals surface area contributed by atoms with Crippen LogP contribution in [0.2, 0.25) is 0 Å². The van der Waals surface area contributed by atoms with Gasteiger partial charge in [0, 0.05) is 13.1 Å². The average molecular weight is 296 g/mol. The van der Waals surface area contributed by atoms with E-state index in [-0.39, 0.29) is 23.6 Å². The van der Waals surface area contributed by atoms with Crippen LogP contribution in [0, 0.1) is 5.92 Å². The Bertz CT molecular complexity index is 668. The minimum absolute atomic E-state index is 0.0771. The van der Waals surface area contributed by atoms with Gasteiger partial charge in [0.1, 0.15) is 5.60 Å². The molecule has 2 rings (SSSR count). The number of hydrogen-bond acceptors (Lipinski definition) is 3.